The quantitative estimate of drug-likeness (QED) is 0.901. The lowest BCUT2D eigenvalue weighted by Crippen LogP contribution is -2.37. The molecule has 1 N–H and O–H groups in total. The number of hydrogen-bond donors (Lipinski definition) is 1. The molecule has 0 atom stereocenters. The van der Waals surface area contributed by atoms with Crippen molar-refractivity contribution in [3.63, 3.8) is 0 Å². The number of amides is 2. The van der Waals surface area contributed by atoms with Crippen molar-refractivity contribution in [1.82, 2.24) is 14.8 Å². The van der Waals surface area contributed by atoms with E-state index in [1.54, 1.807) is 12.3 Å². The van der Waals surface area contributed by atoms with E-state index >= 15 is 0 Å². The van der Waals surface area contributed by atoms with Crippen LogP contribution in [0.2, 0.25) is 0 Å². The summed E-state index contributed by atoms with van der Waals surface area (Å²) in [6.45, 7) is 3.19. The van der Waals surface area contributed by atoms with Gasteiger partial charge in [-0.25, -0.2) is 0 Å². The van der Waals surface area contributed by atoms with Gasteiger partial charge in [-0.05, 0) is 55.2 Å². The van der Waals surface area contributed by atoms with Crippen LogP contribution >= 0.6 is 0 Å². The molecule has 6 nitrogen and oxygen atoms in total. The first-order valence-electron chi connectivity index (χ1n) is 9.20. The van der Waals surface area contributed by atoms with Crippen molar-refractivity contribution in [2.45, 2.75) is 19.3 Å². The highest BCUT2D eigenvalue weighted by Crippen LogP contribution is 2.26. The Morgan fingerprint density at radius 3 is 2.54 bits per heavy atom. The Morgan fingerprint density at radius 1 is 0.962 bits per heavy atom. The largest absolute Gasteiger partial charge is 0.493 e. The zero-order chi connectivity index (χ0) is 17.9. The smallest absolute Gasteiger partial charge is 0.270 e. The summed E-state index contributed by atoms with van der Waals surface area (Å²) < 4.78 is 5.63. The zero-order valence-electron chi connectivity index (χ0n) is 14.7. The zero-order valence-corrected chi connectivity index (χ0v) is 14.7. The van der Waals surface area contributed by atoms with E-state index in [0.29, 0.717) is 37.4 Å². The molecule has 2 amide bonds. The van der Waals surface area contributed by atoms with E-state index in [-0.39, 0.29) is 11.8 Å². The number of aromatic nitrogens is 1. The van der Waals surface area contributed by atoms with E-state index in [4.69, 9.17) is 4.74 Å². The summed E-state index contributed by atoms with van der Waals surface area (Å²) in [7, 11) is 0. The van der Waals surface area contributed by atoms with Gasteiger partial charge in [-0.2, -0.15) is 0 Å². The SMILES string of the molecule is O=C(c1ccc2c(c1)CCCO2)N1CCCN(C(=O)c2ccc[nH]2)CC1. The molecule has 136 valence electrons. The molecule has 26 heavy (non-hydrogen) atoms. The van der Waals surface area contributed by atoms with Crippen LogP contribution in [0, 0.1) is 0 Å². The van der Waals surface area contributed by atoms with Crippen LogP contribution < -0.4 is 4.74 Å². The fourth-order valence-electron chi connectivity index (χ4n) is 3.63. The van der Waals surface area contributed by atoms with Crippen LogP contribution in [0.5, 0.6) is 5.75 Å². The number of H-pyrrole nitrogens is 1. The number of carbonyl (C=O) groups excluding carboxylic acids is 2. The summed E-state index contributed by atoms with van der Waals surface area (Å²) in [6, 6.07) is 9.31. The standard InChI is InChI=1S/C20H23N3O3/c24-19(16-6-7-18-15(14-16)4-2-13-26-18)22-9-3-10-23(12-11-22)20(25)17-5-1-8-21-17/h1,5-8,14,21H,2-4,9-13H2. The predicted molar refractivity (Wildman–Crippen MR) is 97.5 cm³/mol. The predicted octanol–water partition coefficient (Wildman–Crippen LogP) is 2.33. The fraction of sp³-hybridized carbons (Fsp3) is 0.400. The van der Waals surface area contributed by atoms with E-state index in [0.717, 1.165) is 37.2 Å². The van der Waals surface area contributed by atoms with Crippen LogP contribution in [0.15, 0.2) is 36.5 Å². The molecule has 0 aliphatic carbocycles. The fourth-order valence-corrected chi connectivity index (χ4v) is 3.63. The number of rotatable bonds is 2. The number of carbonyl (C=O) groups is 2. The average molecular weight is 353 g/mol. The maximum absolute atomic E-state index is 12.9. The molecule has 2 aliphatic rings. The number of benzene rings is 1. The monoisotopic (exact) mass is 353 g/mol. The third-order valence-corrected chi connectivity index (χ3v) is 5.05. The Labute approximate surface area is 152 Å². The van der Waals surface area contributed by atoms with Gasteiger partial charge in [-0.3, -0.25) is 9.59 Å². The van der Waals surface area contributed by atoms with Crippen LogP contribution in [0.4, 0.5) is 0 Å². The highest BCUT2D eigenvalue weighted by molar-refractivity contribution is 5.95. The number of nitrogens with one attached hydrogen (secondary N) is 1. The summed E-state index contributed by atoms with van der Waals surface area (Å²) in [5.74, 6) is 0.925. The van der Waals surface area contributed by atoms with Crippen LogP contribution in [-0.4, -0.2) is 59.4 Å². The van der Waals surface area contributed by atoms with E-state index in [2.05, 4.69) is 4.98 Å². The Balaban J connectivity index is 1.44. The van der Waals surface area contributed by atoms with Gasteiger partial charge < -0.3 is 19.5 Å². The molecule has 0 spiro atoms. The molecule has 2 aromatic rings. The second-order valence-corrected chi connectivity index (χ2v) is 6.80. The highest BCUT2D eigenvalue weighted by Gasteiger charge is 2.24. The molecule has 1 saturated heterocycles. The number of aryl methyl sites for hydroxylation is 1. The summed E-state index contributed by atoms with van der Waals surface area (Å²) in [6.07, 6.45) is 4.48. The summed E-state index contributed by atoms with van der Waals surface area (Å²) in [4.78, 5) is 32.1. The highest BCUT2D eigenvalue weighted by atomic mass is 16.5. The molecule has 1 aromatic carbocycles. The normalized spacial score (nSPS) is 17.2. The van der Waals surface area contributed by atoms with E-state index in [9.17, 15) is 9.59 Å². The van der Waals surface area contributed by atoms with Gasteiger partial charge in [0.25, 0.3) is 11.8 Å². The average Bonchev–Trinajstić information content (AvgIpc) is 3.11. The Kier molecular flexibility index (Phi) is 4.65. The van der Waals surface area contributed by atoms with Crippen molar-refractivity contribution in [3.8, 4) is 5.75 Å². The molecule has 4 rings (SSSR count). The van der Waals surface area contributed by atoms with Gasteiger partial charge in [0.15, 0.2) is 0 Å². The van der Waals surface area contributed by atoms with E-state index in [1.165, 1.54) is 0 Å². The van der Waals surface area contributed by atoms with Gasteiger partial charge in [0.05, 0.1) is 6.61 Å². The number of aromatic amines is 1. The van der Waals surface area contributed by atoms with Crippen molar-refractivity contribution in [2.75, 3.05) is 32.8 Å². The van der Waals surface area contributed by atoms with Crippen LogP contribution in [0.3, 0.4) is 0 Å². The molecule has 0 bridgehead atoms. The molecule has 0 saturated carbocycles. The summed E-state index contributed by atoms with van der Waals surface area (Å²) in [5.41, 5.74) is 2.42. The minimum absolute atomic E-state index is 0.00442. The van der Waals surface area contributed by atoms with Gasteiger partial charge in [-0.1, -0.05) is 0 Å². The van der Waals surface area contributed by atoms with Crippen molar-refractivity contribution in [1.29, 1.82) is 0 Å². The van der Waals surface area contributed by atoms with Gasteiger partial charge in [-0.15, -0.1) is 0 Å². The lowest BCUT2D eigenvalue weighted by Gasteiger charge is -2.23. The molecule has 1 aromatic heterocycles. The first kappa shape index (κ1) is 16.7. The third kappa shape index (κ3) is 3.31. The van der Waals surface area contributed by atoms with Crippen molar-refractivity contribution < 1.29 is 14.3 Å². The lowest BCUT2D eigenvalue weighted by atomic mass is 10.0. The maximum Gasteiger partial charge on any atom is 0.270 e. The lowest BCUT2D eigenvalue weighted by molar-refractivity contribution is 0.0716. The first-order chi connectivity index (χ1) is 12.7. The topological polar surface area (TPSA) is 65.6 Å². The molecule has 3 heterocycles. The number of fused-ring (bicyclic) bond motifs is 1. The van der Waals surface area contributed by atoms with Crippen molar-refractivity contribution >= 4 is 11.8 Å². The number of hydrogen-bond acceptors (Lipinski definition) is 3. The number of ether oxygens (including phenoxy) is 1. The second kappa shape index (κ2) is 7.23. The second-order valence-electron chi connectivity index (χ2n) is 6.80. The van der Waals surface area contributed by atoms with Crippen molar-refractivity contribution in [2.24, 2.45) is 0 Å². The van der Waals surface area contributed by atoms with Crippen LogP contribution in [-0.2, 0) is 6.42 Å². The number of nitrogens with zero attached hydrogens (tertiary/aromatic N) is 2. The minimum Gasteiger partial charge on any atom is -0.493 e. The van der Waals surface area contributed by atoms with Crippen LogP contribution in [0.25, 0.3) is 0 Å². The van der Waals surface area contributed by atoms with Crippen LogP contribution in [0.1, 0.15) is 39.3 Å². The molecular weight excluding hydrogens is 330 g/mol. The van der Waals surface area contributed by atoms with E-state index in [1.807, 2.05) is 34.1 Å². The molecule has 0 radical (unpaired) electrons. The van der Waals surface area contributed by atoms with Gasteiger partial charge in [0.2, 0.25) is 0 Å². The summed E-state index contributed by atoms with van der Waals surface area (Å²) >= 11 is 0. The minimum atomic E-state index is -0.00442. The third-order valence-electron chi connectivity index (χ3n) is 5.05. The Bertz CT molecular complexity index is 801. The molecular formula is C20H23N3O3. The van der Waals surface area contributed by atoms with Gasteiger partial charge in [0, 0.05) is 37.9 Å². The molecule has 6 heteroatoms. The summed E-state index contributed by atoms with van der Waals surface area (Å²) in [5, 5.41) is 0. The Hall–Kier alpha value is -2.76. The molecule has 0 unspecified atom stereocenters. The molecule has 2 aliphatic heterocycles. The van der Waals surface area contributed by atoms with Gasteiger partial charge >= 0.3 is 0 Å². The van der Waals surface area contributed by atoms with E-state index < -0.39 is 0 Å². The Morgan fingerprint density at radius 2 is 1.77 bits per heavy atom. The first-order valence-corrected chi connectivity index (χ1v) is 9.20. The van der Waals surface area contributed by atoms with Crippen molar-refractivity contribution in [3.05, 3.63) is 53.3 Å². The molecule has 1 fully saturated rings. The van der Waals surface area contributed by atoms with Gasteiger partial charge in [0.1, 0.15) is 11.4 Å². The maximum atomic E-state index is 12.9.